The minimum atomic E-state index is -4.62. The van der Waals surface area contributed by atoms with E-state index in [0.717, 1.165) is 17.7 Å². The molecule has 24 heavy (non-hydrogen) atoms. The van der Waals surface area contributed by atoms with Gasteiger partial charge in [-0.1, -0.05) is 17.7 Å². The van der Waals surface area contributed by atoms with Gasteiger partial charge in [-0.15, -0.1) is 0 Å². The van der Waals surface area contributed by atoms with Crippen LogP contribution >= 0.6 is 0 Å². The molecule has 0 spiro atoms. The average Bonchev–Trinajstić information content (AvgIpc) is 2.53. The maximum Gasteiger partial charge on any atom is 0.416 e. The fourth-order valence-electron chi connectivity index (χ4n) is 2.46. The predicted octanol–water partition coefficient (Wildman–Crippen LogP) is 4.71. The van der Waals surface area contributed by atoms with E-state index in [1.807, 2.05) is 25.1 Å². The molecule has 1 heterocycles. The molecule has 124 valence electrons. The number of hydrogen-bond donors (Lipinski definition) is 1. The Kier molecular flexibility index (Phi) is 4.09. The van der Waals surface area contributed by atoms with E-state index in [1.54, 1.807) is 0 Å². The first-order valence-corrected chi connectivity index (χ1v) is 7.15. The minimum Gasteiger partial charge on any atom is -0.365 e. The monoisotopic (exact) mass is 335 g/mol. The Labute approximate surface area is 135 Å². The first-order chi connectivity index (χ1) is 11.3. The van der Waals surface area contributed by atoms with Gasteiger partial charge in [0.05, 0.1) is 11.1 Å². The summed E-state index contributed by atoms with van der Waals surface area (Å²) in [4.78, 5) is 8.22. The first kappa shape index (κ1) is 16.2. The molecule has 0 bridgehead atoms. The van der Waals surface area contributed by atoms with Crippen LogP contribution in [0.15, 0.2) is 42.7 Å². The second-order valence-electron chi connectivity index (χ2n) is 5.40. The van der Waals surface area contributed by atoms with Gasteiger partial charge in [-0.3, -0.25) is 0 Å². The second-order valence-corrected chi connectivity index (χ2v) is 5.40. The molecule has 0 radical (unpaired) electrons. The molecular weight excluding hydrogens is 322 g/mol. The van der Waals surface area contributed by atoms with Crippen molar-refractivity contribution < 1.29 is 17.6 Å². The van der Waals surface area contributed by atoms with Crippen molar-refractivity contribution in [3.05, 3.63) is 65.2 Å². The van der Waals surface area contributed by atoms with Gasteiger partial charge in [0.1, 0.15) is 18.0 Å². The van der Waals surface area contributed by atoms with E-state index in [4.69, 9.17) is 0 Å². The molecule has 3 rings (SSSR count). The molecule has 7 heteroatoms. The summed E-state index contributed by atoms with van der Waals surface area (Å²) < 4.78 is 52.3. The number of aryl methyl sites for hydroxylation is 1. The first-order valence-electron chi connectivity index (χ1n) is 7.15. The zero-order valence-corrected chi connectivity index (χ0v) is 12.7. The van der Waals surface area contributed by atoms with Gasteiger partial charge in [0, 0.05) is 11.9 Å². The van der Waals surface area contributed by atoms with Crippen molar-refractivity contribution in [1.82, 2.24) is 9.97 Å². The standard InChI is InChI=1S/C17H13F4N3/c1-10-2-5-15-13(6-10)16(24-9-23-15)22-8-11-3-4-12(18)7-14(11)17(19,20)21/h2-7,9H,8H2,1H3,(H,22,23,24). The summed E-state index contributed by atoms with van der Waals surface area (Å²) in [6.45, 7) is 1.77. The SMILES string of the molecule is Cc1ccc2ncnc(NCc3ccc(F)cc3C(F)(F)F)c2c1. The van der Waals surface area contributed by atoms with Crippen LogP contribution in [0.25, 0.3) is 10.9 Å². The fraction of sp³-hybridized carbons (Fsp3) is 0.176. The maximum absolute atomic E-state index is 13.2. The van der Waals surface area contributed by atoms with Gasteiger partial charge in [0.15, 0.2) is 0 Å². The second kappa shape index (κ2) is 6.07. The molecule has 0 fully saturated rings. The Hall–Kier alpha value is -2.70. The van der Waals surface area contributed by atoms with Crippen LogP contribution < -0.4 is 5.32 Å². The Morgan fingerprint density at radius 3 is 2.58 bits per heavy atom. The summed E-state index contributed by atoms with van der Waals surface area (Å²) in [6.07, 6.45) is -3.28. The molecule has 3 nitrogen and oxygen atoms in total. The molecule has 1 aromatic heterocycles. The van der Waals surface area contributed by atoms with Gasteiger partial charge in [-0.25, -0.2) is 14.4 Å². The average molecular weight is 335 g/mol. The van der Waals surface area contributed by atoms with Crippen molar-refractivity contribution in [2.45, 2.75) is 19.6 Å². The molecule has 3 aromatic rings. The molecule has 0 amide bonds. The lowest BCUT2D eigenvalue weighted by molar-refractivity contribution is -0.138. The molecule has 0 unspecified atom stereocenters. The van der Waals surface area contributed by atoms with Crippen LogP contribution in [0.1, 0.15) is 16.7 Å². The Morgan fingerprint density at radius 2 is 1.83 bits per heavy atom. The lowest BCUT2D eigenvalue weighted by Crippen LogP contribution is -2.13. The highest BCUT2D eigenvalue weighted by Crippen LogP contribution is 2.33. The number of alkyl halides is 3. The smallest absolute Gasteiger partial charge is 0.365 e. The summed E-state index contributed by atoms with van der Waals surface area (Å²) in [5.41, 5.74) is 0.624. The van der Waals surface area contributed by atoms with Crippen molar-refractivity contribution in [2.24, 2.45) is 0 Å². The minimum absolute atomic E-state index is 0.0525. The van der Waals surface area contributed by atoms with E-state index in [-0.39, 0.29) is 12.1 Å². The van der Waals surface area contributed by atoms with Crippen molar-refractivity contribution >= 4 is 16.7 Å². The van der Waals surface area contributed by atoms with Crippen LogP contribution in [-0.4, -0.2) is 9.97 Å². The fourth-order valence-corrected chi connectivity index (χ4v) is 2.46. The van der Waals surface area contributed by atoms with E-state index in [2.05, 4.69) is 15.3 Å². The molecule has 0 saturated carbocycles. The normalized spacial score (nSPS) is 11.7. The molecule has 1 N–H and O–H groups in total. The number of nitrogens with zero attached hydrogens (tertiary/aromatic N) is 2. The number of nitrogens with one attached hydrogen (secondary N) is 1. The zero-order valence-electron chi connectivity index (χ0n) is 12.7. The van der Waals surface area contributed by atoms with E-state index in [9.17, 15) is 17.6 Å². The van der Waals surface area contributed by atoms with Crippen molar-refractivity contribution in [1.29, 1.82) is 0 Å². The van der Waals surface area contributed by atoms with Gasteiger partial charge >= 0.3 is 6.18 Å². The van der Waals surface area contributed by atoms with Crippen molar-refractivity contribution in [3.63, 3.8) is 0 Å². The highest BCUT2D eigenvalue weighted by molar-refractivity contribution is 5.89. The topological polar surface area (TPSA) is 37.8 Å². The van der Waals surface area contributed by atoms with Crippen LogP contribution in [0.2, 0.25) is 0 Å². The van der Waals surface area contributed by atoms with E-state index >= 15 is 0 Å². The number of anilines is 1. The lowest BCUT2D eigenvalue weighted by Gasteiger charge is -2.14. The molecule has 0 atom stereocenters. The third-order valence-corrected chi connectivity index (χ3v) is 3.61. The van der Waals surface area contributed by atoms with E-state index < -0.39 is 17.6 Å². The van der Waals surface area contributed by atoms with Crippen LogP contribution in [0.5, 0.6) is 0 Å². The third-order valence-electron chi connectivity index (χ3n) is 3.61. The quantitative estimate of drug-likeness (QED) is 0.705. The van der Waals surface area contributed by atoms with Gasteiger partial charge < -0.3 is 5.32 Å². The number of benzene rings is 2. The summed E-state index contributed by atoms with van der Waals surface area (Å²) in [7, 11) is 0. The van der Waals surface area contributed by atoms with Crippen LogP contribution in [0, 0.1) is 12.7 Å². The number of halogens is 4. The van der Waals surface area contributed by atoms with E-state index in [1.165, 1.54) is 6.33 Å². The zero-order chi connectivity index (χ0) is 17.3. The summed E-state index contributed by atoms with van der Waals surface area (Å²) >= 11 is 0. The van der Waals surface area contributed by atoms with Gasteiger partial charge in [0.2, 0.25) is 0 Å². The van der Waals surface area contributed by atoms with Gasteiger partial charge in [-0.2, -0.15) is 13.2 Å². The summed E-state index contributed by atoms with van der Waals surface area (Å²) in [5, 5.41) is 3.61. The molecule has 0 aliphatic carbocycles. The number of fused-ring (bicyclic) bond motifs is 1. The highest BCUT2D eigenvalue weighted by Gasteiger charge is 2.33. The molecule has 0 saturated heterocycles. The Balaban J connectivity index is 1.94. The van der Waals surface area contributed by atoms with Crippen LogP contribution in [-0.2, 0) is 12.7 Å². The Morgan fingerprint density at radius 1 is 1.04 bits per heavy atom. The Bertz CT molecular complexity index is 891. The molecule has 2 aromatic carbocycles. The molecule has 0 aliphatic rings. The van der Waals surface area contributed by atoms with Crippen LogP contribution in [0.4, 0.5) is 23.4 Å². The van der Waals surface area contributed by atoms with Crippen LogP contribution in [0.3, 0.4) is 0 Å². The largest absolute Gasteiger partial charge is 0.416 e. The number of rotatable bonds is 3. The summed E-state index contributed by atoms with van der Waals surface area (Å²) in [5.74, 6) is -0.490. The number of aromatic nitrogens is 2. The lowest BCUT2D eigenvalue weighted by atomic mass is 10.1. The molecular formula is C17H13F4N3. The van der Waals surface area contributed by atoms with Crippen molar-refractivity contribution in [3.8, 4) is 0 Å². The molecule has 0 aliphatic heterocycles. The van der Waals surface area contributed by atoms with Gasteiger partial charge in [0.25, 0.3) is 0 Å². The maximum atomic E-state index is 13.2. The summed E-state index contributed by atoms with van der Waals surface area (Å²) in [6, 6.07) is 8.19. The predicted molar refractivity (Wildman–Crippen MR) is 83.0 cm³/mol. The van der Waals surface area contributed by atoms with Gasteiger partial charge in [-0.05, 0) is 36.8 Å². The highest BCUT2D eigenvalue weighted by atomic mass is 19.4. The number of hydrogen-bond acceptors (Lipinski definition) is 3. The third kappa shape index (κ3) is 3.29. The van der Waals surface area contributed by atoms with Crippen molar-refractivity contribution in [2.75, 3.05) is 5.32 Å². The van der Waals surface area contributed by atoms with E-state index in [0.29, 0.717) is 22.8 Å².